The fraction of sp³-hybridized carbons (Fsp3) is 0.710. The molecule has 1 aromatic carbocycles. The molecule has 194 valence electrons. The molecule has 0 saturated heterocycles. The van der Waals surface area contributed by atoms with E-state index in [1.807, 2.05) is 12.1 Å². The van der Waals surface area contributed by atoms with Crippen molar-refractivity contribution in [2.24, 2.45) is 0 Å². The minimum atomic E-state index is 0.189. The summed E-state index contributed by atoms with van der Waals surface area (Å²) in [6.07, 6.45) is 28.8. The lowest BCUT2D eigenvalue weighted by Gasteiger charge is -2.06. The number of hydrogen-bond acceptors (Lipinski definition) is 2. The lowest BCUT2D eigenvalue weighted by Crippen LogP contribution is -2.25. The van der Waals surface area contributed by atoms with Crippen molar-refractivity contribution in [3.8, 4) is 5.75 Å². The van der Waals surface area contributed by atoms with Crippen LogP contribution in [0.25, 0.3) is 0 Å². The van der Waals surface area contributed by atoms with Gasteiger partial charge in [0, 0.05) is 13.0 Å². The van der Waals surface area contributed by atoms with E-state index in [1.165, 1.54) is 108 Å². The average molecular weight is 472 g/mol. The Morgan fingerprint density at radius 1 is 0.735 bits per heavy atom. The third kappa shape index (κ3) is 18.6. The van der Waals surface area contributed by atoms with Crippen LogP contribution in [-0.4, -0.2) is 19.6 Å². The predicted molar refractivity (Wildman–Crippen MR) is 148 cm³/mol. The summed E-state index contributed by atoms with van der Waals surface area (Å²) in [5.41, 5.74) is 1.22. The second-order valence-corrected chi connectivity index (χ2v) is 9.70. The number of carbonyl (C=O) groups excluding carboxylic acids is 1. The Labute approximate surface area is 211 Å². The van der Waals surface area contributed by atoms with Crippen molar-refractivity contribution < 1.29 is 9.53 Å². The normalized spacial score (nSPS) is 11.2. The standard InChI is InChI=1S/C31H53NO2/c1-3-4-5-6-7-8-9-10-11-12-13-14-15-16-17-18-19-20-21-22-31(33)32-28-27-29-23-25-30(34-2)26-24-29/h10-11,23-26H,3-9,12-22,27-28H2,1-2H3,(H,32,33)/b11-10-. The van der Waals surface area contributed by atoms with E-state index in [2.05, 4.69) is 36.5 Å². The summed E-state index contributed by atoms with van der Waals surface area (Å²) < 4.78 is 5.17. The van der Waals surface area contributed by atoms with E-state index in [0.29, 0.717) is 13.0 Å². The van der Waals surface area contributed by atoms with Crippen LogP contribution in [0, 0.1) is 0 Å². The van der Waals surface area contributed by atoms with Crippen molar-refractivity contribution in [1.82, 2.24) is 5.32 Å². The van der Waals surface area contributed by atoms with E-state index >= 15 is 0 Å². The monoisotopic (exact) mass is 471 g/mol. The first-order valence-electron chi connectivity index (χ1n) is 14.3. The summed E-state index contributed by atoms with van der Waals surface area (Å²) >= 11 is 0. The van der Waals surface area contributed by atoms with Crippen LogP contribution >= 0.6 is 0 Å². The Hall–Kier alpha value is -1.77. The molecule has 1 amide bonds. The SMILES string of the molecule is CCCCCCCC/C=C\CCCCCCCCCCCC(=O)NCCc1ccc(OC)cc1. The zero-order chi connectivity index (χ0) is 24.5. The molecule has 0 spiro atoms. The van der Waals surface area contributed by atoms with E-state index in [-0.39, 0.29) is 5.91 Å². The molecule has 0 bridgehead atoms. The van der Waals surface area contributed by atoms with Gasteiger partial charge in [-0.1, -0.05) is 108 Å². The van der Waals surface area contributed by atoms with Crippen molar-refractivity contribution in [1.29, 1.82) is 0 Å². The maximum atomic E-state index is 12.0. The van der Waals surface area contributed by atoms with E-state index in [4.69, 9.17) is 4.74 Å². The highest BCUT2D eigenvalue weighted by molar-refractivity contribution is 5.75. The predicted octanol–water partition coefficient (Wildman–Crippen LogP) is 8.95. The van der Waals surface area contributed by atoms with Gasteiger partial charge in [-0.05, 0) is 56.2 Å². The van der Waals surface area contributed by atoms with Gasteiger partial charge in [0.05, 0.1) is 7.11 Å². The summed E-state index contributed by atoms with van der Waals surface area (Å²) in [6.45, 7) is 2.99. The largest absolute Gasteiger partial charge is 0.497 e. The lowest BCUT2D eigenvalue weighted by molar-refractivity contribution is -0.121. The van der Waals surface area contributed by atoms with Crippen LogP contribution in [-0.2, 0) is 11.2 Å². The highest BCUT2D eigenvalue weighted by Crippen LogP contribution is 2.13. The Bertz CT molecular complexity index is 608. The van der Waals surface area contributed by atoms with Gasteiger partial charge in [0.2, 0.25) is 5.91 Å². The topological polar surface area (TPSA) is 38.3 Å². The molecule has 3 heteroatoms. The molecule has 0 fully saturated rings. The molecule has 3 nitrogen and oxygen atoms in total. The van der Waals surface area contributed by atoms with Crippen LogP contribution in [0.15, 0.2) is 36.4 Å². The van der Waals surface area contributed by atoms with Crippen LogP contribution in [0.3, 0.4) is 0 Å². The van der Waals surface area contributed by atoms with Gasteiger partial charge in [0.15, 0.2) is 0 Å². The van der Waals surface area contributed by atoms with Crippen molar-refractivity contribution >= 4 is 5.91 Å². The molecule has 1 aromatic rings. The first-order valence-corrected chi connectivity index (χ1v) is 14.3. The van der Waals surface area contributed by atoms with Crippen molar-refractivity contribution in [3.63, 3.8) is 0 Å². The first kappa shape index (κ1) is 30.3. The maximum Gasteiger partial charge on any atom is 0.220 e. The van der Waals surface area contributed by atoms with Gasteiger partial charge in [-0.3, -0.25) is 4.79 Å². The summed E-state index contributed by atoms with van der Waals surface area (Å²) in [6, 6.07) is 8.04. The van der Waals surface area contributed by atoms with Crippen LogP contribution in [0.1, 0.15) is 128 Å². The number of unbranched alkanes of at least 4 members (excludes halogenated alkanes) is 15. The fourth-order valence-electron chi connectivity index (χ4n) is 4.29. The maximum absolute atomic E-state index is 12.0. The van der Waals surface area contributed by atoms with E-state index in [1.54, 1.807) is 7.11 Å². The average Bonchev–Trinajstić information content (AvgIpc) is 2.86. The second-order valence-electron chi connectivity index (χ2n) is 9.70. The van der Waals surface area contributed by atoms with Crippen molar-refractivity contribution in [3.05, 3.63) is 42.0 Å². The van der Waals surface area contributed by atoms with E-state index in [9.17, 15) is 4.79 Å². The molecular weight excluding hydrogens is 418 g/mol. The van der Waals surface area contributed by atoms with E-state index in [0.717, 1.165) is 18.6 Å². The third-order valence-corrected chi connectivity index (χ3v) is 6.56. The first-order chi connectivity index (χ1) is 16.8. The molecule has 0 heterocycles. The van der Waals surface area contributed by atoms with Gasteiger partial charge < -0.3 is 10.1 Å². The van der Waals surface area contributed by atoms with Crippen LogP contribution in [0.2, 0.25) is 0 Å². The zero-order valence-corrected chi connectivity index (χ0v) is 22.4. The molecule has 0 saturated carbocycles. The van der Waals surface area contributed by atoms with Gasteiger partial charge in [-0.25, -0.2) is 0 Å². The molecule has 34 heavy (non-hydrogen) atoms. The molecule has 0 aliphatic rings. The number of rotatable bonds is 23. The number of allylic oxidation sites excluding steroid dienone is 2. The van der Waals surface area contributed by atoms with Crippen molar-refractivity contribution in [2.75, 3.05) is 13.7 Å². The highest BCUT2D eigenvalue weighted by Gasteiger charge is 2.01. The smallest absolute Gasteiger partial charge is 0.220 e. The zero-order valence-electron chi connectivity index (χ0n) is 22.4. The van der Waals surface area contributed by atoms with E-state index < -0.39 is 0 Å². The van der Waals surface area contributed by atoms with Crippen LogP contribution in [0.4, 0.5) is 0 Å². The number of hydrogen-bond donors (Lipinski definition) is 1. The number of carbonyl (C=O) groups is 1. The van der Waals surface area contributed by atoms with Crippen LogP contribution in [0.5, 0.6) is 5.75 Å². The minimum absolute atomic E-state index is 0.189. The molecule has 0 radical (unpaired) electrons. The summed E-state index contributed by atoms with van der Waals surface area (Å²) in [5.74, 6) is 1.06. The molecule has 0 unspecified atom stereocenters. The Morgan fingerprint density at radius 2 is 1.24 bits per heavy atom. The minimum Gasteiger partial charge on any atom is -0.497 e. The molecule has 0 atom stereocenters. The quantitative estimate of drug-likeness (QED) is 0.128. The van der Waals surface area contributed by atoms with Gasteiger partial charge >= 0.3 is 0 Å². The third-order valence-electron chi connectivity index (χ3n) is 6.56. The lowest BCUT2D eigenvalue weighted by atomic mass is 10.1. The molecule has 0 aliphatic carbocycles. The van der Waals surface area contributed by atoms with Crippen LogP contribution < -0.4 is 10.1 Å². The van der Waals surface area contributed by atoms with Gasteiger partial charge in [-0.15, -0.1) is 0 Å². The van der Waals surface area contributed by atoms with Gasteiger partial charge in [0.1, 0.15) is 5.75 Å². The van der Waals surface area contributed by atoms with Crippen molar-refractivity contribution in [2.45, 2.75) is 129 Å². The Morgan fingerprint density at radius 3 is 1.76 bits per heavy atom. The molecule has 1 rings (SSSR count). The Kier molecular flexibility index (Phi) is 20.5. The second kappa shape index (κ2) is 23.0. The molecular formula is C31H53NO2. The number of ether oxygens (including phenoxy) is 1. The molecule has 1 N–H and O–H groups in total. The van der Waals surface area contributed by atoms with Gasteiger partial charge in [-0.2, -0.15) is 0 Å². The summed E-state index contributed by atoms with van der Waals surface area (Å²) in [4.78, 5) is 12.0. The Balaban J connectivity index is 1.79. The van der Waals surface area contributed by atoms with Gasteiger partial charge in [0.25, 0.3) is 0 Å². The summed E-state index contributed by atoms with van der Waals surface area (Å²) in [5, 5.41) is 3.04. The number of amides is 1. The number of methoxy groups -OCH3 is 1. The highest BCUT2D eigenvalue weighted by atomic mass is 16.5. The molecule has 0 aromatic heterocycles. The number of benzene rings is 1. The number of nitrogens with one attached hydrogen (secondary N) is 1. The molecule has 0 aliphatic heterocycles. The summed E-state index contributed by atoms with van der Waals surface area (Å²) in [7, 11) is 1.67. The fourth-order valence-corrected chi connectivity index (χ4v) is 4.29.